The van der Waals surface area contributed by atoms with E-state index in [-0.39, 0.29) is 23.7 Å². The Hall–Kier alpha value is -3.16. The predicted molar refractivity (Wildman–Crippen MR) is 101 cm³/mol. The Morgan fingerprint density at radius 2 is 1.75 bits per heavy atom. The standard InChI is InChI=1S/C20H21F2N3O3/c21-19(22)28-17-8-4-5-14(13-17)18(26)25-11-9-16(10-12-25)24-20(27)23-15-6-2-1-3-7-15/h1-8,13,16,19H,9-12H2,(H2,23,24,27). The lowest BCUT2D eigenvalue weighted by Crippen LogP contribution is -2.47. The number of anilines is 1. The van der Waals surface area contributed by atoms with Crippen molar-refractivity contribution in [3.63, 3.8) is 0 Å². The Labute approximate surface area is 161 Å². The number of para-hydroxylation sites is 1. The van der Waals surface area contributed by atoms with Crippen molar-refractivity contribution in [1.29, 1.82) is 0 Å². The molecule has 3 rings (SSSR count). The van der Waals surface area contributed by atoms with Gasteiger partial charge in [0.05, 0.1) is 0 Å². The molecule has 0 spiro atoms. The number of nitrogens with one attached hydrogen (secondary N) is 2. The topological polar surface area (TPSA) is 70.7 Å². The Bertz CT molecular complexity index is 809. The van der Waals surface area contributed by atoms with Gasteiger partial charge in [0.25, 0.3) is 5.91 Å². The average Bonchev–Trinajstić information content (AvgIpc) is 2.68. The number of alkyl halides is 2. The van der Waals surface area contributed by atoms with Crippen molar-refractivity contribution in [3.8, 4) is 5.75 Å². The molecule has 1 aliphatic rings. The van der Waals surface area contributed by atoms with Gasteiger partial charge in [-0.25, -0.2) is 4.79 Å². The van der Waals surface area contributed by atoms with Crippen molar-refractivity contribution in [2.45, 2.75) is 25.5 Å². The van der Waals surface area contributed by atoms with Gasteiger partial charge in [-0.2, -0.15) is 8.78 Å². The number of rotatable bonds is 5. The Kier molecular flexibility index (Phi) is 6.41. The molecule has 0 atom stereocenters. The molecule has 8 heteroatoms. The van der Waals surface area contributed by atoms with Gasteiger partial charge in [0.15, 0.2) is 0 Å². The third-order valence-electron chi connectivity index (χ3n) is 4.46. The SMILES string of the molecule is O=C(Nc1ccccc1)NC1CCN(C(=O)c2cccc(OC(F)F)c2)CC1. The van der Waals surface area contributed by atoms with Gasteiger partial charge >= 0.3 is 12.6 Å². The fourth-order valence-corrected chi connectivity index (χ4v) is 3.09. The van der Waals surface area contributed by atoms with Crippen molar-refractivity contribution >= 4 is 17.6 Å². The lowest BCUT2D eigenvalue weighted by atomic mass is 10.0. The summed E-state index contributed by atoms with van der Waals surface area (Å²) in [5, 5.41) is 5.67. The summed E-state index contributed by atoms with van der Waals surface area (Å²) in [6.45, 7) is -2.00. The van der Waals surface area contributed by atoms with Crippen molar-refractivity contribution in [2.75, 3.05) is 18.4 Å². The van der Waals surface area contributed by atoms with E-state index in [2.05, 4.69) is 15.4 Å². The normalized spacial score (nSPS) is 14.6. The third kappa shape index (κ3) is 5.42. The van der Waals surface area contributed by atoms with Crippen LogP contribution in [-0.2, 0) is 0 Å². The molecule has 0 radical (unpaired) electrons. The van der Waals surface area contributed by atoms with Gasteiger partial charge < -0.3 is 20.3 Å². The van der Waals surface area contributed by atoms with Crippen LogP contribution in [0, 0.1) is 0 Å². The van der Waals surface area contributed by atoms with Crippen LogP contribution < -0.4 is 15.4 Å². The van der Waals surface area contributed by atoms with Gasteiger partial charge in [-0.3, -0.25) is 4.79 Å². The van der Waals surface area contributed by atoms with E-state index in [1.807, 2.05) is 18.2 Å². The minimum absolute atomic E-state index is 0.0405. The monoisotopic (exact) mass is 389 g/mol. The fourth-order valence-electron chi connectivity index (χ4n) is 3.09. The second-order valence-corrected chi connectivity index (χ2v) is 6.44. The van der Waals surface area contributed by atoms with Crippen LogP contribution >= 0.6 is 0 Å². The lowest BCUT2D eigenvalue weighted by molar-refractivity contribution is -0.0499. The molecular weight excluding hydrogens is 368 g/mol. The second kappa shape index (κ2) is 9.16. The molecule has 148 valence electrons. The van der Waals surface area contributed by atoms with Crippen LogP contribution in [0.4, 0.5) is 19.3 Å². The summed E-state index contributed by atoms with van der Waals surface area (Å²) in [4.78, 5) is 26.3. The maximum Gasteiger partial charge on any atom is 0.387 e. The minimum atomic E-state index is -2.94. The van der Waals surface area contributed by atoms with Gasteiger partial charge in [0.2, 0.25) is 0 Å². The molecule has 1 heterocycles. The van der Waals surface area contributed by atoms with E-state index in [0.717, 1.165) is 0 Å². The molecule has 2 aromatic rings. The quantitative estimate of drug-likeness (QED) is 0.819. The first-order valence-electron chi connectivity index (χ1n) is 8.98. The van der Waals surface area contributed by atoms with Crippen molar-refractivity contribution < 1.29 is 23.1 Å². The zero-order valence-electron chi connectivity index (χ0n) is 15.1. The number of benzene rings is 2. The average molecular weight is 389 g/mol. The van der Waals surface area contributed by atoms with Gasteiger partial charge in [0.1, 0.15) is 5.75 Å². The van der Waals surface area contributed by atoms with Crippen LogP contribution in [0.2, 0.25) is 0 Å². The number of hydrogen-bond donors (Lipinski definition) is 2. The molecule has 2 N–H and O–H groups in total. The number of amides is 3. The Morgan fingerprint density at radius 3 is 2.43 bits per heavy atom. The molecule has 6 nitrogen and oxygen atoms in total. The molecule has 0 aromatic heterocycles. The maximum absolute atomic E-state index is 12.6. The first-order valence-corrected chi connectivity index (χ1v) is 8.98. The highest BCUT2D eigenvalue weighted by Crippen LogP contribution is 2.19. The van der Waals surface area contributed by atoms with E-state index < -0.39 is 6.61 Å². The predicted octanol–water partition coefficient (Wildman–Crippen LogP) is 3.71. The summed E-state index contributed by atoms with van der Waals surface area (Å²) >= 11 is 0. The highest BCUT2D eigenvalue weighted by molar-refractivity contribution is 5.94. The highest BCUT2D eigenvalue weighted by atomic mass is 19.3. The van der Waals surface area contributed by atoms with Crippen LogP contribution in [0.5, 0.6) is 5.75 Å². The van der Waals surface area contributed by atoms with Crippen molar-refractivity contribution in [3.05, 3.63) is 60.2 Å². The smallest absolute Gasteiger partial charge is 0.387 e. The summed E-state index contributed by atoms with van der Waals surface area (Å²) in [7, 11) is 0. The Morgan fingerprint density at radius 1 is 1.04 bits per heavy atom. The zero-order valence-corrected chi connectivity index (χ0v) is 15.1. The number of nitrogens with zero attached hydrogens (tertiary/aromatic N) is 1. The van der Waals surface area contributed by atoms with Gasteiger partial charge in [-0.15, -0.1) is 0 Å². The number of halogens is 2. The summed E-state index contributed by atoms with van der Waals surface area (Å²) in [6.07, 6.45) is 1.22. The number of urea groups is 1. The van der Waals surface area contributed by atoms with Crippen LogP contribution in [-0.4, -0.2) is 42.6 Å². The molecular formula is C20H21F2N3O3. The van der Waals surface area contributed by atoms with Gasteiger partial charge in [-0.1, -0.05) is 24.3 Å². The summed E-state index contributed by atoms with van der Waals surface area (Å²) in [6, 6.07) is 14.6. The van der Waals surface area contributed by atoms with Gasteiger partial charge in [-0.05, 0) is 43.2 Å². The summed E-state index contributed by atoms with van der Waals surface area (Å²) in [5.41, 5.74) is 1.00. The van der Waals surface area contributed by atoms with Crippen molar-refractivity contribution in [2.24, 2.45) is 0 Å². The largest absolute Gasteiger partial charge is 0.435 e. The molecule has 1 saturated heterocycles. The molecule has 0 bridgehead atoms. The van der Waals surface area contributed by atoms with E-state index in [1.165, 1.54) is 18.2 Å². The number of piperidine rings is 1. The van der Waals surface area contributed by atoms with Gasteiger partial charge in [0, 0.05) is 30.4 Å². The summed E-state index contributed by atoms with van der Waals surface area (Å²) < 4.78 is 29.0. The number of ether oxygens (including phenoxy) is 1. The van der Waals surface area contributed by atoms with E-state index in [0.29, 0.717) is 37.2 Å². The third-order valence-corrected chi connectivity index (χ3v) is 4.46. The molecule has 1 fully saturated rings. The van der Waals surface area contributed by atoms with Crippen LogP contribution in [0.3, 0.4) is 0 Å². The number of carbonyl (C=O) groups excluding carboxylic acids is 2. The second-order valence-electron chi connectivity index (χ2n) is 6.44. The van der Waals surface area contributed by atoms with Crippen LogP contribution in [0.15, 0.2) is 54.6 Å². The molecule has 1 aliphatic heterocycles. The number of carbonyl (C=O) groups is 2. The lowest BCUT2D eigenvalue weighted by Gasteiger charge is -2.32. The molecule has 0 aliphatic carbocycles. The minimum Gasteiger partial charge on any atom is -0.435 e. The van der Waals surface area contributed by atoms with E-state index in [9.17, 15) is 18.4 Å². The van der Waals surface area contributed by atoms with E-state index in [1.54, 1.807) is 23.1 Å². The molecule has 0 saturated carbocycles. The Balaban J connectivity index is 1.49. The molecule has 28 heavy (non-hydrogen) atoms. The van der Waals surface area contributed by atoms with Crippen molar-refractivity contribution in [1.82, 2.24) is 10.2 Å². The summed E-state index contributed by atoms with van der Waals surface area (Å²) in [5.74, 6) is -0.290. The first-order chi connectivity index (χ1) is 13.5. The van der Waals surface area contributed by atoms with E-state index in [4.69, 9.17) is 0 Å². The molecule has 0 unspecified atom stereocenters. The zero-order chi connectivity index (χ0) is 19.9. The maximum atomic E-state index is 12.6. The highest BCUT2D eigenvalue weighted by Gasteiger charge is 2.25. The number of likely N-dealkylation sites (tertiary alicyclic amines) is 1. The molecule has 2 aromatic carbocycles. The van der Waals surface area contributed by atoms with Crippen LogP contribution in [0.1, 0.15) is 23.2 Å². The van der Waals surface area contributed by atoms with Crippen LogP contribution in [0.25, 0.3) is 0 Å². The molecule has 3 amide bonds. The fraction of sp³-hybridized carbons (Fsp3) is 0.300. The number of hydrogen-bond acceptors (Lipinski definition) is 3. The van der Waals surface area contributed by atoms with E-state index >= 15 is 0 Å². The first kappa shape index (κ1) is 19.6.